The lowest BCUT2D eigenvalue weighted by Gasteiger charge is -2.03. The SMILES string of the molecule is [2H]C(CCCC)CCCCCCCCOCOC. The van der Waals surface area contributed by atoms with E-state index in [1.54, 1.807) is 7.11 Å². The van der Waals surface area contributed by atoms with Crippen LogP contribution >= 0.6 is 0 Å². The Balaban J connectivity index is 3.02. The molecular weight excluding hydrogens is 212 g/mol. The van der Waals surface area contributed by atoms with Crippen molar-refractivity contribution in [2.75, 3.05) is 20.5 Å². The van der Waals surface area contributed by atoms with E-state index in [9.17, 15) is 0 Å². The van der Waals surface area contributed by atoms with E-state index in [1.165, 1.54) is 44.9 Å². The molecule has 0 aliphatic heterocycles. The number of hydrogen-bond acceptors (Lipinski definition) is 2. The van der Waals surface area contributed by atoms with Crippen LogP contribution in [-0.2, 0) is 9.47 Å². The fraction of sp³-hybridized carbons (Fsp3) is 1.00. The summed E-state index contributed by atoms with van der Waals surface area (Å²) in [5.41, 5.74) is 0. The average Bonchev–Trinajstić information content (AvgIpc) is 2.38. The summed E-state index contributed by atoms with van der Waals surface area (Å²) in [6.07, 6.45) is 12.3. The van der Waals surface area contributed by atoms with E-state index in [2.05, 4.69) is 6.92 Å². The maximum absolute atomic E-state index is 7.86. The molecule has 0 aliphatic carbocycles. The molecule has 104 valence electrons. The monoisotopic (exact) mass is 245 g/mol. The van der Waals surface area contributed by atoms with Gasteiger partial charge in [0.2, 0.25) is 0 Å². The molecule has 0 amide bonds. The molecular formula is C15H32O2. The molecule has 2 heteroatoms. The predicted molar refractivity (Wildman–Crippen MR) is 74.3 cm³/mol. The minimum atomic E-state index is 0.187. The summed E-state index contributed by atoms with van der Waals surface area (Å²) in [7, 11) is 1.65. The zero-order chi connectivity index (χ0) is 13.5. The minimum Gasteiger partial charge on any atom is -0.359 e. The number of rotatable bonds is 14. The van der Waals surface area contributed by atoms with Crippen LogP contribution in [0.5, 0.6) is 0 Å². The third-order valence-electron chi connectivity index (χ3n) is 2.91. The molecule has 17 heavy (non-hydrogen) atoms. The molecule has 2 nitrogen and oxygen atoms in total. The van der Waals surface area contributed by atoms with Crippen LogP contribution in [0, 0.1) is 0 Å². The highest BCUT2D eigenvalue weighted by Crippen LogP contribution is 2.11. The Hall–Kier alpha value is -0.0800. The maximum Gasteiger partial charge on any atom is 0.146 e. The Labute approximate surface area is 109 Å². The first-order chi connectivity index (χ1) is 8.81. The Morgan fingerprint density at radius 2 is 1.41 bits per heavy atom. The molecule has 0 aliphatic rings. The van der Waals surface area contributed by atoms with Gasteiger partial charge in [-0.15, -0.1) is 0 Å². The van der Waals surface area contributed by atoms with Gasteiger partial charge in [0, 0.05) is 15.1 Å². The molecule has 0 aromatic carbocycles. The topological polar surface area (TPSA) is 18.5 Å². The molecule has 0 saturated heterocycles. The summed E-state index contributed by atoms with van der Waals surface area (Å²) in [4.78, 5) is 0. The van der Waals surface area contributed by atoms with Crippen molar-refractivity contribution in [1.29, 1.82) is 0 Å². The van der Waals surface area contributed by atoms with Crippen LogP contribution < -0.4 is 0 Å². The Morgan fingerprint density at radius 3 is 2.06 bits per heavy atom. The first-order valence-electron chi connectivity index (χ1n) is 7.88. The highest BCUT2D eigenvalue weighted by Gasteiger charge is 1.93. The van der Waals surface area contributed by atoms with E-state index in [0.29, 0.717) is 6.79 Å². The molecule has 0 fully saturated rings. The molecule has 0 heterocycles. The van der Waals surface area contributed by atoms with E-state index in [0.717, 1.165) is 25.9 Å². The molecule has 0 aromatic heterocycles. The van der Waals surface area contributed by atoms with Crippen LogP contribution in [0.4, 0.5) is 0 Å². The van der Waals surface area contributed by atoms with Gasteiger partial charge in [0.1, 0.15) is 6.79 Å². The Morgan fingerprint density at radius 1 is 0.824 bits per heavy atom. The highest BCUT2D eigenvalue weighted by molar-refractivity contribution is 4.47. The zero-order valence-electron chi connectivity index (χ0n) is 12.9. The van der Waals surface area contributed by atoms with E-state index < -0.39 is 0 Å². The van der Waals surface area contributed by atoms with Crippen molar-refractivity contribution < 1.29 is 10.8 Å². The van der Waals surface area contributed by atoms with Gasteiger partial charge in [-0.1, -0.05) is 71.1 Å². The second kappa shape index (κ2) is 15.9. The van der Waals surface area contributed by atoms with Crippen molar-refractivity contribution in [3.63, 3.8) is 0 Å². The van der Waals surface area contributed by atoms with Crippen molar-refractivity contribution in [1.82, 2.24) is 0 Å². The normalized spacial score (nSPS) is 13.6. The summed E-state index contributed by atoms with van der Waals surface area (Å²) >= 11 is 0. The van der Waals surface area contributed by atoms with Crippen LogP contribution in [0.25, 0.3) is 0 Å². The van der Waals surface area contributed by atoms with Crippen LogP contribution in [-0.4, -0.2) is 20.5 Å². The molecule has 0 saturated carbocycles. The average molecular weight is 245 g/mol. The van der Waals surface area contributed by atoms with Crippen molar-refractivity contribution in [2.45, 2.75) is 77.5 Å². The van der Waals surface area contributed by atoms with Crippen LogP contribution in [0.2, 0.25) is 0 Å². The van der Waals surface area contributed by atoms with Gasteiger partial charge in [-0.2, -0.15) is 0 Å². The standard InChI is InChI=1S/C15H32O2/c1-3-4-5-6-7-8-9-10-11-12-13-14-17-15-16-2/h3-15H2,1-2H3/i6D. The summed E-state index contributed by atoms with van der Waals surface area (Å²) < 4.78 is 17.9. The lowest BCUT2D eigenvalue weighted by Crippen LogP contribution is -1.98. The minimum absolute atomic E-state index is 0.187. The summed E-state index contributed by atoms with van der Waals surface area (Å²) in [5.74, 6) is 0. The molecule has 1 atom stereocenters. The predicted octanol–water partition coefficient (Wildman–Crippen LogP) is 4.92. The molecule has 0 aromatic rings. The van der Waals surface area contributed by atoms with Gasteiger partial charge < -0.3 is 9.47 Å². The first-order valence-corrected chi connectivity index (χ1v) is 7.30. The van der Waals surface area contributed by atoms with Crippen molar-refractivity contribution in [3.8, 4) is 0 Å². The maximum atomic E-state index is 7.86. The van der Waals surface area contributed by atoms with Crippen molar-refractivity contribution in [2.24, 2.45) is 0 Å². The highest BCUT2D eigenvalue weighted by atomic mass is 16.7. The van der Waals surface area contributed by atoms with Gasteiger partial charge in [0.25, 0.3) is 0 Å². The number of unbranched alkanes of at least 4 members (excludes halogenated alkanes) is 6. The van der Waals surface area contributed by atoms with Crippen LogP contribution in [0.1, 0.15) is 78.9 Å². The lowest BCUT2D eigenvalue weighted by atomic mass is 10.1. The number of ether oxygens (including phenoxy) is 2. The van der Waals surface area contributed by atoms with Gasteiger partial charge in [0.15, 0.2) is 0 Å². The van der Waals surface area contributed by atoms with Gasteiger partial charge in [-0.3, -0.25) is 0 Å². The summed E-state index contributed by atoms with van der Waals surface area (Å²) in [6, 6.07) is 0. The Kier molecular flexibility index (Phi) is 14.0. The quantitative estimate of drug-likeness (QED) is 0.319. The van der Waals surface area contributed by atoms with Gasteiger partial charge in [0.05, 0.1) is 0 Å². The Bertz CT molecular complexity index is 153. The largest absolute Gasteiger partial charge is 0.359 e. The van der Waals surface area contributed by atoms with E-state index in [1.807, 2.05) is 0 Å². The second-order valence-corrected chi connectivity index (χ2v) is 4.66. The molecule has 0 N–H and O–H groups in total. The van der Waals surface area contributed by atoms with Crippen LogP contribution in [0.15, 0.2) is 0 Å². The molecule has 0 radical (unpaired) electrons. The first kappa shape index (κ1) is 15.0. The van der Waals surface area contributed by atoms with Gasteiger partial charge in [-0.25, -0.2) is 0 Å². The van der Waals surface area contributed by atoms with Gasteiger partial charge >= 0.3 is 0 Å². The van der Waals surface area contributed by atoms with Crippen molar-refractivity contribution in [3.05, 3.63) is 0 Å². The number of hydrogen-bond donors (Lipinski definition) is 0. The third kappa shape index (κ3) is 15.9. The van der Waals surface area contributed by atoms with Gasteiger partial charge in [-0.05, 0) is 6.42 Å². The molecule has 0 bridgehead atoms. The van der Waals surface area contributed by atoms with E-state index >= 15 is 0 Å². The van der Waals surface area contributed by atoms with Crippen LogP contribution in [0.3, 0.4) is 0 Å². The zero-order valence-corrected chi connectivity index (χ0v) is 11.9. The summed E-state index contributed by atoms with van der Waals surface area (Å²) in [5, 5.41) is 0. The molecule has 0 rings (SSSR count). The summed E-state index contributed by atoms with van der Waals surface area (Å²) in [6.45, 7) is 3.44. The number of methoxy groups -OCH3 is 1. The third-order valence-corrected chi connectivity index (χ3v) is 2.91. The molecule has 1 unspecified atom stereocenters. The second-order valence-electron chi connectivity index (χ2n) is 4.66. The lowest BCUT2D eigenvalue weighted by molar-refractivity contribution is -0.0315. The fourth-order valence-electron chi connectivity index (χ4n) is 1.83. The molecule has 0 spiro atoms. The smallest absolute Gasteiger partial charge is 0.146 e. The fourth-order valence-corrected chi connectivity index (χ4v) is 1.83. The van der Waals surface area contributed by atoms with E-state index in [-0.39, 0.29) is 6.40 Å². The van der Waals surface area contributed by atoms with E-state index in [4.69, 9.17) is 10.8 Å². The van der Waals surface area contributed by atoms with Crippen molar-refractivity contribution >= 4 is 0 Å².